The number of aliphatic imine (C=N–C) groups is 1. The van der Waals surface area contributed by atoms with Crippen molar-refractivity contribution < 1.29 is 14.3 Å². The number of aromatic nitrogens is 1. The lowest BCUT2D eigenvalue weighted by molar-refractivity contribution is -0.114. The molecule has 0 bridgehead atoms. The van der Waals surface area contributed by atoms with Crippen LogP contribution in [0.1, 0.15) is 39.0 Å². The lowest BCUT2D eigenvalue weighted by Crippen LogP contribution is -2.47. The van der Waals surface area contributed by atoms with E-state index in [4.69, 9.17) is 9.47 Å². The number of amides is 1. The van der Waals surface area contributed by atoms with Gasteiger partial charge < -0.3 is 25.0 Å². The third kappa shape index (κ3) is 7.29. The van der Waals surface area contributed by atoms with E-state index in [1.807, 2.05) is 13.0 Å². The van der Waals surface area contributed by atoms with Gasteiger partial charge >= 0.3 is 0 Å². The van der Waals surface area contributed by atoms with Gasteiger partial charge in [-0.1, -0.05) is 0 Å². The molecule has 160 valence electrons. The molecule has 29 heavy (non-hydrogen) atoms. The van der Waals surface area contributed by atoms with Crippen LogP contribution in [0.25, 0.3) is 0 Å². The topological polar surface area (TPSA) is 88.1 Å². The van der Waals surface area contributed by atoms with Gasteiger partial charge in [-0.05, 0) is 51.2 Å². The number of ether oxygens (including phenoxy) is 2. The van der Waals surface area contributed by atoms with Crippen molar-refractivity contribution >= 4 is 17.6 Å². The molecule has 2 saturated heterocycles. The first kappa shape index (κ1) is 21.5. The number of likely N-dealkylation sites (tertiary alicyclic amines) is 1. The van der Waals surface area contributed by atoms with Crippen molar-refractivity contribution in [1.82, 2.24) is 15.2 Å². The largest absolute Gasteiger partial charge is 0.376 e. The predicted molar refractivity (Wildman–Crippen MR) is 113 cm³/mol. The molecule has 2 aliphatic rings. The van der Waals surface area contributed by atoms with E-state index in [1.165, 1.54) is 12.8 Å². The van der Waals surface area contributed by atoms with Crippen molar-refractivity contribution in [2.75, 3.05) is 44.7 Å². The van der Waals surface area contributed by atoms with Gasteiger partial charge in [-0.15, -0.1) is 0 Å². The highest BCUT2D eigenvalue weighted by Gasteiger charge is 2.24. The van der Waals surface area contributed by atoms with Crippen molar-refractivity contribution in [1.29, 1.82) is 0 Å². The third-order valence-corrected chi connectivity index (χ3v) is 5.19. The molecule has 0 aliphatic carbocycles. The van der Waals surface area contributed by atoms with Gasteiger partial charge in [0.1, 0.15) is 6.54 Å². The molecular formula is C21H33N5O3. The summed E-state index contributed by atoms with van der Waals surface area (Å²) in [5.74, 6) is 0.627. The van der Waals surface area contributed by atoms with Gasteiger partial charge in [0.15, 0.2) is 5.96 Å². The Balaban J connectivity index is 1.43. The van der Waals surface area contributed by atoms with Crippen molar-refractivity contribution in [3.8, 4) is 0 Å². The maximum atomic E-state index is 12.2. The number of piperidine rings is 1. The minimum atomic E-state index is -0.154. The average Bonchev–Trinajstić information content (AvgIpc) is 2.77. The summed E-state index contributed by atoms with van der Waals surface area (Å²) in [7, 11) is 0. The Morgan fingerprint density at radius 3 is 2.90 bits per heavy atom. The normalized spacial score (nSPS) is 21.1. The number of carbonyl (C=O) groups is 1. The van der Waals surface area contributed by atoms with Gasteiger partial charge in [0.2, 0.25) is 5.91 Å². The minimum Gasteiger partial charge on any atom is -0.376 e. The van der Waals surface area contributed by atoms with Crippen LogP contribution < -0.4 is 10.6 Å². The Hall–Kier alpha value is -2.19. The standard InChI is InChI=1S/C21H33N5O3/c1-2-23-21(24-15-20(27)25-17-6-5-10-22-14-17)26-11-8-18(9-12-26)29-16-19-7-3-4-13-28-19/h5-6,10,14,18-19H,2-4,7-9,11-13,15-16H2,1H3,(H,23,24)(H,25,27). The summed E-state index contributed by atoms with van der Waals surface area (Å²) in [6.45, 7) is 6.17. The zero-order chi connectivity index (χ0) is 20.3. The van der Waals surface area contributed by atoms with Crippen LogP contribution in [-0.4, -0.2) is 73.4 Å². The molecule has 3 heterocycles. The fourth-order valence-corrected chi connectivity index (χ4v) is 3.63. The van der Waals surface area contributed by atoms with Crippen LogP contribution >= 0.6 is 0 Å². The van der Waals surface area contributed by atoms with Gasteiger partial charge in [0, 0.05) is 32.4 Å². The smallest absolute Gasteiger partial charge is 0.246 e. The second-order valence-electron chi connectivity index (χ2n) is 7.47. The number of rotatable bonds is 7. The number of hydrogen-bond acceptors (Lipinski definition) is 5. The molecular weight excluding hydrogens is 370 g/mol. The maximum Gasteiger partial charge on any atom is 0.246 e. The van der Waals surface area contributed by atoms with E-state index < -0.39 is 0 Å². The summed E-state index contributed by atoms with van der Waals surface area (Å²) in [5.41, 5.74) is 0.678. The van der Waals surface area contributed by atoms with Crippen LogP contribution in [0.5, 0.6) is 0 Å². The van der Waals surface area contributed by atoms with Crippen LogP contribution in [0, 0.1) is 0 Å². The first-order chi connectivity index (χ1) is 14.2. The van der Waals surface area contributed by atoms with Crippen molar-refractivity contribution in [3.63, 3.8) is 0 Å². The van der Waals surface area contributed by atoms with E-state index in [2.05, 4.69) is 25.5 Å². The highest BCUT2D eigenvalue weighted by atomic mass is 16.5. The molecule has 1 atom stereocenters. The number of pyridine rings is 1. The quantitative estimate of drug-likeness (QED) is 0.535. The summed E-state index contributed by atoms with van der Waals surface area (Å²) in [5, 5.41) is 6.10. The van der Waals surface area contributed by atoms with Crippen molar-refractivity contribution in [2.45, 2.75) is 51.2 Å². The van der Waals surface area contributed by atoms with Gasteiger partial charge in [-0.25, -0.2) is 4.99 Å². The van der Waals surface area contributed by atoms with E-state index in [1.54, 1.807) is 18.5 Å². The van der Waals surface area contributed by atoms with Crippen LogP contribution in [0.15, 0.2) is 29.5 Å². The second kappa shape index (κ2) is 11.7. The monoisotopic (exact) mass is 403 g/mol. The van der Waals surface area contributed by atoms with Crippen LogP contribution in [0.4, 0.5) is 5.69 Å². The first-order valence-electron chi connectivity index (χ1n) is 10.7. The molecule has 0 aromatic carbocycles. The second-order valence-corrected chi connectivity index (χ2v) is 7.47. The molecule has 1 aromatic rings. The zero-order valence-electron chi connectivity index (χ0n) is 17.3. The average molecular weight is 404 g/mol. The predicted octanol–water partition coefficient (Wildman–Crippen LogP) is 2.04. The molecule has 1 aromatic heterocycles. The Morgan fingerprint density at radius 1 is 1.34 bits per heavy atom. The summed E-state index contributed by atoms with van der Waals surface area (Å²) in [4.78, 5) is 22.9. The fourth-order valence-electron chi connectivity index (χ4n) is 3.63. The minimum absolute atomic E-state index is 0.0761. The van der Waals surface area contributed by atoms with E-state index in [9.17, 15) is 4.79 Å². The first-order valence-corrected chi connectivity index (χ1v) is 10.7. The molecule has 1 unspecified atom stereocenters. The molecule has 1 amide bonds. The molecule has 8 nitrogen and oxygen atoms in total. The lowest BCUT2D eigenvalue weighted by Gasteiger charge is -2.35. The molecule has 0 spiro atoms. The van der Waals surface area contributed by atoms with Crippen LogP contribution in [0.2, 0.25) is 0 Å². The van der Waals surface area contributed by atoms with Crippen LogP contribution in [0.3, 0.4) is 0 Å². The fraction of sp³-hybridized carbons (Fsp3) is 0.667. The molecule has 8 heteroatoms. The number of hydrogen-bond donors (Lipinski definition) is 2. The Kier molecular flexibility index (Phi) is 8.70. The maximum absolute atomic E-state index is 12.2. The number of nitrogens with one attached hydrogen (secondary N) is 2. The molecule has 0 saturated carbocycles. The van der Waals surface area contributed by atoms with Gasteiger partial charge in [-0.2, -0.15) is 0 Å². The number of guanidine groups is 1. The summed E-state index contributed by atoms with van der Waals surface area (Å²) in [6.07, 6.45) is 9.26. The van der Waals surface area contributed by atoms with Gasteiger partial charge in [0.25, 0.3) is 0 Å². The van der Waals surface area contributed by atoms with E-state index >= 15 is 0 Å². The molecule has 2 fully saturated rings. The molecule has 0 radical (unpaired) electrons. The van der Waals surface area contributed by atoms with Crippen molar-refractivity contribution in [3.05, 3.63) is 24.5 Å². The molecule has 3 rings (SSSR count). The Labute approximate surface area is 173 Å². The Morgan fingerprint density at radius 2 is 2.21 bits per heavy atom. The highest BCUT2D eigenvalue weighted by Crippen LogP contribution is 2.18. The summed E-state index contributed by atoms with van der Waals surface area (Å²) < 4.78 is 11.8. The molecule has 2 aliphatic heterocycles. The molecule has 2 N–H and O–H groups in total. The van der Waals surface area contributed by atoms with Gasteiger partial charge in [-0.3, -0.25) is 9.78 Å². The third-order valence-electron chi connectivity index (χ3n) is 5.19. The summed E-state index contributed by atoms with van der Waals surface area (Å²) in [6, 6.07) is 3.60. The summed E-state index contributed by atoms with van der Waals surface area (Å²) >= 11 is 0. The van der Waals surface area contributed by atoms with E-state index in [0.29, 0.717) is 12.3 Å². The Bertz CT molecular complexity index is 641. The number of anilines is 1. The zero-order valence-corrected chi connectivity index (χ0v) is 17.3. The lowest BCUT2D eigenvalue weighted by atomic mass is 10.1. The van der Waals surface area contributed by atoms with E-state index in [0.717, 1.165) is 51.5 Å². The SMILES string of the molecule is CCNC(=NCC(=O)Nc1cccnc1)N1CCC(OCC2CCCCO2)CC1. The van der Waals surface area contributed by atoms with E-state index in [-0.39, 0.29) is 24.7 Å². The number of carbonyl (C=O) groups excluding carboxylic acids is 1. The number of nitrogens with zero attached hydrogens (tertiary/aromatic N) is 3. The van der Waals surface area contributed by atoms with Crippen molar-refractivity contribution in [2.24, 2.45) is 4.99 Å². The van der Waals surface area contributed by atoms with Crippen LogP contribution in [-0.2, 0) is 14.3 Å². The van der Waals surface area contributed by atoms with Gasteiger partial charge in [0.05, 0.1) is 30.7 Å². The highest BCUT2D eigenvalue weighted by molar-refractivity contribution is 5.93.